The normalized spacial score (nSPS) is 11.8. The Morgan fingerprint density at radius 3 is 2.00 bits per heavy atom. The maximum Gasteiger partial charge on any atom is 0.324 e. The molecule has 0 heterocycles. The Hall–Kier alpha value is -1.97. The van der Waals surface area contributed by atoms with E-state index < -0.39 is 6.03 Å². The molecule has 3 nitrogen and oxygen atoms in total. The van der Waals surface area contributed by atoms with Crippen molar-refractivity contribution in [3.05, 3.63) is 69.4 Å². The number of carbonyl (C=O) groups excluding carboxylic acids is 1. The van der Waals surface area contributed by atoms with E-state index in [9.17, 15) is 4.79 Å². The summed E-state index contributed by atoms with van der Waals surface area (Å²) in [7, 11) is 0. The van der Waals surface area contributed by atoms with Crippen LogP contribution in [0.4, 0.5) is 10.5 Å². The lowest BCUT2D eigenvalue weighted by atomic mass is 9.94. The lowest BCUT2D eigenvalue weighted by Crippen LogP contribution is -2.26. The minimum absolute atomic E-state index is 0.0984. The second kappa shape index (κ2) is 7.73. The van der Waals surface area contributed by atoms with E-state index in [0.29, 0.717) is 10.7 Å². The average Bonchev–Trinajstić information content (AvgIpc) is 2.54. The summed E-state index contributed by atoms with van der Waals surface area (Å²) in [4.78, 5) is 12.1. The van der Waals surface area contributed by atoms with E-state index in [4.69, 9.17) is 23.2 Å². The first kappa shape index (κ1) is 18.4. The van der Waals surface area contributed by atoms with Crippen molar-refractivity contribution in [1.29, 1.82) is 0 Å². The number of nitrogens with one attached hydrogen (secondary N) is 2. The summed E-state index contributed by atoms with van der Waals surface area (Å²) >= 11 is 12.7. The highest BCUT2D eigenvalue weighted by atomic mass is 35.5. The first-order valence-electron chi connectivity index (χ1n) is 7.57. The molecule has 0 aromatic heterocycles. The molecule has 2 rings (SSSR count). The zero-order valence-electron chi connectivity index (χ0n) is 14.1. The molecular weight excluding hydrogens is 343 g/mol. The number of urea groups is 1. The molecular formula is C19H20Cl2N2O. The fourth-order valence-corrected chi connectivity index (χ4v) is 3.01. The molecule has 2 amide bonds. The molecule has 0 radical (unpaired) electrons. The van der Waals surface area contributed by atoms with Gasteiger partial charge in [-0.05, 0) is 62.1 Å². The van der Waals surface area contributed by atoms with Crippen LogP contribution < -0.4 is 10.6 Å². The van der Waals surface area contributed by atoms with Crippen molar-refractivity contribution >= 4 is 40.0 Å². The predicted molar refractivity (Wildman–Crippen MR) is 103 cm³/mol. The third-order valence-corrected chi connectivity index (χ3v) is 4.79. The lowest BCUT2D eigenvalue weighted by Gasteiger charge is -2.16. The molecule has 0 spiro atoms. The zero-order chi connectivity index (χ0) is 17.9. The van der Waals surface area contributed by atoms with Crippen LogP contribution in [0, 0.1) is 27.7 Å². The number of hydrogen-bond acceptors (Lipinski definition) is 1. The van der Waals surface area contributed by atoms with E-state index in [1.165, 1.54) is 0 Å². The summed E-state index contributed by atoms with van der Waals surface area (Å²) in [6.07, 6.45) is 0. The Morgan fingerprint density at radius 2 is 1.46 bits per heavy atom. The largest absolute Gasteiger partial charge is 0.324 e. The van der Waals surface area contributed by atoms with E-state index >= 15 is 0 Å². The molecule has 5 heteroatoms. The van der Waals surface area contributed by atoms with Gasteiger partial charge in [0.25, 0.3) is 0 Å². The lowest BCUT2D eigenvalue weighted by molar-refractivity contribution is 0.255. The SMILES string of the molecule is Cc1cc(C)c(C)c(/C(Cl)=C(\Cl)NC(=O)Nc2ccccc2)c1C. The number of aryl methyl sites for hydroxylation is 2. The van der Waals surface area contributed by atoms with Crippen LogP contribution in [0.5, 0.6) is 0 Å². The second-order valence-corrected chi connectivity index (χ2v) is 6.46. The summed E-state index contributed by atoms with van der Waals surface area (Å²) in [6.45, 7) is 8.04. The average molecular weight is 363 g/mol. The van der Waals surface area contributed by atoms with Crippen molar-refractivity contribution < 1.29 is 4.79 Å². The van der Waals surface area contributed by atoms with Crippen LogP contribution in [-0.2, 0) is 0 Å². The van der Waals surface area contributed by atoms with Gasteiger partial charge in [0, 0.05) is 11.3 Å². The minimum Gasteiger partial charge on any atom is -0.308 e. The summed E-state index contributed by atoms with van der Waals surface area (Å²) in [5, 5.41) is 5.72. The molecule has 2 aromatic rings. The Kier molecular flexibility index (Phi) is 5.92. The minimum atomic E-state index is -0.441. The zero-order valence-corrected chi connectivity index (χ0v) is 15.6. The topological polar surface area (TPSA) is 41.1 Å². The number of amides is 2. The van der Waals surface area contributed by atoms with Crippen molar-refractivity contribution in [2.45, 2.75) is 27.7 Å². The molecule has 126 valence electrons. The van der Waals surface area contributed by atoms with Gasteiger partial charge < -0.3 is 5.32 Å². The van der Waals surface area contributed by atoms with Crippen LogP contribution in [-0.4, -0.2) is 6.03 Å². The number of rotatable bonds is 3. The van der Waals surface area contributed by atoms with Crippen LogP contribution in [0.2, 0.25) is 0 Å². The summed E-state index contributed by atoms with van der Waals surface area (Å²) in [6, 6.07) is 10.8. The number of para-hydroxylation sites is 1. The van der Waals surface area contributed by atoms with Gasteiger partial charge in [-0.3, -0.25) is 5.32 Å². The number of anilines is 1. The summed E-state index contributed by atoms with van der Waals surface area (Å²) in [5.41, 5.74) is 5.89. The standard InChI is InChI=1S/C19H20Cl2N2O/c1-11-10-12(2)14(4)16(13(11)3)17(20)18(21)23-19(24)22-15-8-6-5-7-9-15/h5-10H,1-4H3,(H2,22,23,24)/b18-17-. The first-order chi connectivity index (χ1) is 11.3. The molecule has 2 aromatic carbocycles. The molecule has 0 atom stereocenters. The maximum absolute atomic E-state index is 12.1. The van der Waals surface area contributed by atoms with Crippen molar-refractivity contribution in [2.75, 3.05) is 5.32 Å². The van der Waals surface area contributed by atoms with Crippen LogP contribution in [0.25, 0.3) is 5.03 Å². The third kappa shape index (κ3) is 4.11. The number of halogens is 2. The van der Waals surface area contributed by atoms with Gasteiger partial charge in [-0.15, -0.1) is 0 Å². The molecule has 0 aliphatic rings. The van der Waals surface area contributed by atoms with Gasteiger partial charge in [0.2, 0.25) is 0 Å². The van der Waals surface area contributed by atoms with Gasteiger partial charge in [0.05, 0.1) is 5.03 Å². The van der Waals surface area contributed by atoms with Crippen molar-refractivity contribution in [1.82, 2.24) is 5.32 Å². The van der Waals surface area contributed by atoms with E-state index in [-0.39, 0.29) is 5.16 Å². The van der Waals surface area contributed by atoms with Crippen molar-refractivity contribution in [3.8, 4) is 0 Å². The van der Waals surface area contributed by atoms with Crippen LogP contribution >= 0.6 is 23.2 Å². The highest BCUT2D eigenvalue weighted by molar-refractivity contribution is 6.55. The van der Waals surface area contributed by atoms with Gasteiger partial charge in [-0.25, -0.2) is 4.79 Å². The Bertz CT molecular complexity index is 773. The van der Waals surface area contributed by atoms with Crippen molar-refractivity contribution in [3.63, 3.8) is 0 Å². The van der Waals surface area contributed by atoms with E-state index in [0.717, 1.165) is 27.8 Å². The Morgan fingerprint density at radius 1 is 0.917 bits per heavy atom. The van der Waals surface area contributed by atoms with Gasteiger partial charge in [-0.1, -0.05) is 47.5 Å². The summed E-state index contributed by atoms with van der Waals surface area (Å²) < 4.78 is 0. The van der Waals surface area contributed by atoms with Crippen LogP contribution in [0.15, 0.2) is 41.6 Å². The third-order valence-electron chi connectivity index (χ3n) is 4.03. The van der Waals surface area contributed by atoms with Gasteiger partial charge in [0.15, 0.2) is 0 Å². The molecule has 0 fully saturated rings. The number of carbonyl (C=O) groups is 1. The molecule has 0 aliphatic heterocycles. The number of hydrogen-bond donors (Lipinski definition) is 2. The number of benzene rings is 2. The molecule has 0 unspecified atom stereocenters. The Balaban J connectivity index is 2.27. The quantitative estimate of drug-likeness (QED) is 0.661. The molecule has 2 N–H and O–H groups in total. The monoisotopic (exact) mass is 362 g/mol. The smallest absolute Gasteiger partial charge is 0.308 e. The molecule has 0 bridgehead atoms. The van der Waals surface area contributed by atoms with Gasteiger partial charge in [0.1, 0.15) is 5.16 Å². The highest BCUT2D eigenvalue weighted by Crippen LogP contribution is 2.33. The fraction of sp³-hybridized carbons (Fsp3) is 0.211. The van der Waals surface area contributed by atoms with Crippen LogP contribution in [0.3, 0.4) is 0 Å². The Labute approximate surface area is 152 Å². The van der Waals surface area contributed by atoms with Crippen LogP contribution in [0.1, 0.15) is 27.8 Å². The molecule has 0 aliphatic carbocycles. The van der Waals surface area contributed by atoms with E-state index in [2.05, 4.69) is 16.7 Å². The molecule has 24 heavy (non-hydrogen) atoms. The van der Waals surface area contributed by atoms with Crippen molar-refractivity contribution in [2.24, 2.45) is 0 Å². The molecule has 0 saturated heterocycles. The second-order valence-electron chi connectivity index (χ2n) is 5.71. The first-order valence-corrected chi connectivity index (χ1v) is 8.33. The fourth-order valence-electron chi connectivity index (χ4n) is 2.49. The molecule has 0 saturated carbocycles. The van der Waals surface area contributed by atoms with Gasteiger partial charge >= 0.3 is 6.03 Å². The van der Waals surface area contributed by atoms with E-state index in [1.807, 2.05) is 45.9 Å². The predicted octanol–water partition coefficient (Wildman–Crippen LogP) is 5.85. The maximum atomic E-state index is 12.1. The summed E-state index contributed by atoms with van der Waals surface area (Å²) in [5.74, 6) is 0. The van der Waals surface area contributed by atoms with Gasteiger partial charge in [-0.2, -0.15) is 0 Å². The van der Waals surface area contributed by atoms with E-state index in [1.54, 1.807) is 12.1 Å². The highest BCUT2D eigenvalue weighted by Gasteiger charge is 2.16.